The molecule has 0 aromatic rings. The van der Waals surface area contributed by atoms with Crippen LogP contribution in [0.25, 0.3) is 0 Å². The van der Waals surface area contributed by atoms with Crippen molar-refractivity contribution in [2.45, 2.75) is 65.6 Å². The predicted octanol–water partition coefficient (Wildman–Crippen LogP) is 2.62. The lowest BCUT2D eigenvalue weighted by atomic mass is 10.0. The third-order valence-electron chi connectivity index (χ3n) is 4.46. The molecule has 1 saturated carbocycles. The summed E-state index contributed by atoms with van der Waals surface area (Å²) in [4.78, 5) is 14.6. The average Bonchev–Trinajstić information content (AvgIpc) is 2.88. The second-order valence-corrected chi connectivity index (χ2v) is 6.72. The van der Waals surface area contributed by atoms with Gasteiger partial charge in [0.2, 0.25) is 5.91 Å². The molecule has 1 saturated heterocycles. The van der Waals surface area contributed by atoms with Gasteiger partial charge in [-0.2, -0.15) is 0 Å². The smallest absolute Gasteiger partial charge is 0.241 e. The van der Waals surface area contributed by atoms with E-state index < -0.39 is 0 Å². The summed E-state index contributed by atoms with van der Waals surface area (Å²) in [5.74, 6) is 1.94. The fourth-order valence-corrected chi connectivity index (χ4v) is 3.37. The number of nitrogens with one attached hydrogen (secondary N) is 1. The highest BCUT2D eigenvalue weighted by molar-refractivity contribution is 5.84. The number of amides is 1. The molecular formula is C15H28N2O. The second kappa shape index (κ2) is 5.60. The van der Waals surface area contributed by atoms with Crippen molar-refractivity contribution in [3.05, 3.63) is 0 Å². The first kappa shape index (κ1) is 13.9. The van der Waals surface area contributed by atoms with Crippen molar-refractivity contribution in [1.29, 1.82) is 0 Å². The first-order chi connectivity index (χ1) is 8.50. The van der Waals surface area contributed by atoms with Crippen molar-refractivity contribution in [2.75, 3.05) is 6.54 Å². The van der Waals surface area contributed by atoms with Crippen LogP contribution in [0.2, 0.25) is 0 Å². The number of rotatable bonds is 4. The van der Waals surface area contributed by atoms with Crippen LogP contribution in [-0.2, 0) is 4.79 Å². The zero-order valence-electron chi connectivity index (χ0n) is 12.3. The highest BCUT2D eigenvalue weighted by Gasteiger charge is 2.42. The van der Waals surface area contributed by atoms with Crippen LogP contribution in [0.4, 0.5) is 0 Å². The Hall–Kier alpha value is -0.570. The summed E-state index contributed by atoms with van der Waals surface area (Å²) in [5, 5.41) is 3.54. The minimum Gasteiger partial charge on any atom is -0.325 e. The third-order valence-corrected chi connectivity index (χ3v) is 4.46. The molecule has 1 heterocycles. The molecule has 3 heteroatoms. The Morgan fingerprint density at radius 3 is 2.28 bits per heavy atom. The van der Waals surface area contributed by atoms with Crippen LogP contribution in [0, 0.1) is 17.8 Å². The number of hydrogen-bond acceptors (Lipinski definition) is 2. The molecule has 3 nitrogen and oxygen atoms in total. The standard InChI is InChI=1S/C15H28N2O/c1-10(2)13-15(18)17(14(16-13)11(3)4)9-12-7-5-6-8-12/h10-14,16H,5-9H2,1-4H3. The molecule has 2 atom stereocenters. The summed E-state index contributed by atoms with van der Waals surface area (Å²) in [6.45, 7) is 9.64. The van der Waals surface area contributed by atoms with Crippen LogP contribution in [0.1, 0.15) is 53.4 Å². The van der Waals surface area contributed by atoms with E-state index in [9.17, 15) is 4.79 Å². The monoisotopic (exact) mass is 252 g/mol. The van der Waals surface area contributed by atoms with Crippen molar-refractivity contribution < 1.29 is 4.79 Å². The molecule has 18 heavy (non-hydrogen) atoms. The summed E-state index contributed by atoms with van der Waals surface area (Å²) in [7, 11) is 0. The Bertz CT molecular complexity index is 295. The van der Waals surface area contributed by atoms with E-state index in [-0.39, 0.29) is 12.2 Å². The van der Waals surface area contributed by atoms with Gasteiger partial charge in [0, 0.05) is 6.54 Å². The zero-order valence-corrected chi connectivity index (χ0v) is 12.3. The second-order valence-electron chi connectivity index (χ2n) is 6.72. The molecule has 2 fully saturated rings. The molecule has 2 aliphatic rings. The number of nitrogens with zero attached hydrogens (tertiary/aromatic N) is 1. The molecule has 0 radical (unpaired) electrons. The minimum absolute atomic E-state index is 0.0267. The van der Waals surface area contributed by atoms with E-state index >= 15 is 0 Å². The fraction of sp³-hybridized carbons (Fsp3) is 0.933. The van der Waals surface area contributed by atoms with Crippen molar-refractivity contribution in [2.24, 2.45) is 17.8 Å². The lowest BCUT2D eigenvalue weighted by molar-refractivity contribution is -0.131. The molecule has 1 aliphatic heterocycles. The Morgan fingerprint density at radius 2 is 1.78 bits per heavy atom. The van der Waals surface area contributed by atoms with Gasteiger partial charge in [-0.1, -0.05) is 40.5 Å². The van der Waals surface area contributed by atoms with E-state index in [1.54, 1.807) is 0 Å². The lowest BCUT2D eigenvalue weighted by Gasteiger charge is -2.29. The molecule has 2 rings (SSSR count). The quantitative estimate of drug-likeness (QED) is 0.834. The van der Waals surface area contributed by atoms with Crippen molar-refractivity contribution in [1.82, 2.24) is 10.2 Å². The maximum Gasteiger partial charge on any atom is 0.241 e. The third kappa shape index (κ3) is 2.71. The van der Waals surface area contributed by atoms with E-state index in [4.69, 9.17) is 0 Å². The summed E-state index contributed by atoms with van der Waals surface area (Å²) in [6, 6.07) is 0.0267. The Morgan fingerprint density at radius 1 is 1.17 bits per heavy atom. The number of carbonyl (C=O) groups is 1. The summed E-state index contributed by atoms with van der Waals surface area (Å²) in [6.07, 6.45) is 5.55. The van der Waals surface area contributed by atoms with Gasteiger partial charge in [0.05, 0.1) is 12.2 Å². The topological polar surface area (TPSA) is 32.3 Å². The summed E-state index contributed by atoms with van der Waals surface area (Å²) >= 11 is 0. The SMILES string of the molecule is CC(C)C1NC(C(C)C)N(CC2CCCC2)C1=O. The molecule has 0 spiro atoms. The van der Waals surface area contributed by atoms with Gasteiger partial charge < -0.3 is 4.90 Å². The molecule has 0 aromatic carbocycles. The maximum absolute atomic E-state index is 12.5. The average molecular weight is 252 g/mol. The van der Waals surface area contributed by atoms with E-state index in [1.165, 1.54) is 25.7 Å². The molecule has 1 N–H and O–H groups in total. The zero-order chi connectivity index (χ0) is 13.3. The van der Waals surface area contributed by atoms with E-state index in [0.29, 0.717) is 17.7 Å². The molecule has 0 bridgehead atoms. The van der Waals surface area contributed by atoms with Crippen molar-refractivity contribution in [3.63, 3.8) is 0 Å². The van der Waals surface area contributed by atoms with Gasteiger partial charge in [-0.3, -0.25) is 10.1 Å². The van der Waals surface area contributed by atoms with E-state index in [0.717, 1.165) is 12.5 Å². The predicted molar refractivity (Wildman–Crippen MR) is 74.1 cm³/mol. The lowest BCUT2D eigenvalue weighted by Crippen LogP contribution is -2.43. The molecule has 0 aromatic heterocycles. The van der Waals surface area contributed by atoms with Crippen LogP contribution in [0.15, 0.2) is 0 Å². The number of carbonyl (C=O) groups excluding carboxylic acids is 1. The normalized spacial score (nSPS) is 30.1. The van der Waals surface area contributed by atoms with Crippen LogP contribution < -0.4 is 5.32 Å². The molecule has 104 valence electrons. The van der Waals surface area contributed by atoms with Crippen LogP contribution in [0.3, 0.4) is 0 Å². The summed E-state index contributed by atoms with van der Waals surface area (Å²) in [5.41, 5.74) is 0. The Labute approximate surface area is 111 Å². The highest BCUT2D eigenvalue weighted by Crippen LogP contribution is 2.29. The van der Waals surface area contributed by atoms with Crippen LogP contribution in [0.5, 0.6) is 0 Å². The first-order valence-electron chi connectivity index (χ1n) is 7.57. The maximum atomic E-state index is 12.5. The van der Waals surface area contributed by atoms with Gasteiger partial charge >= 0.3 is 0 Å². The Balaban J connectivity index is 2.06. The van der Waals surface area contributed by atoms with Gasteiger partial charge in [-0.25, -0.2) is 0 Å². The van der Waals surface area contributed by atoms with Crippen molar-refractivity contribution >= 4 is 5.91 Å². The Kier molecular flexibility index (Phi) is 4.31. The molecular weight excluding hydrogens is 224 g/mol. The van der Waals surface area contributed by atoms with Gasteiger partial charge in [-0.15, -0.1) is 0 Å². The first-order valence-corrected chi connectivity index (χ1v) is 7.57. The van der Waals surface area contributed by atoms with Gasteiger partial charge in [0.25, 0.3) is 0 Å². The van der Waals surface area contributed by atoms with Gasteiger partial charge in [0.1, 0.15) is 0 Å². The summed E-state index contributed by atoms with van der Waals surface area (Å²) < 4.78 is 0. The highest BCUT2D eigenvalue weighted by atomic mass is 16.2. The molecule has 1 amide bonds. The van der Waals surface area contributed by atoms with E-state index in [2.05, 4.69) is 37.9 Å². The minimum atomic E-state index is 0.0267. The van der Waals surface area contributed by atoms with E-state index in [1.807, 2.05) is 0 Å². The van der Waals surface area contributed by atoms with Gasteiger partial charge in [-0.05, 0) is 30.6 Å². The van der Waals surface area contributed by atoms with Crippen molar-refractivity contribution in [3.8, 4) is 0 Å². The van der Waals surface area contributed by atoms with Crippen LogP contribution in [-0.4, -0.2) is 29.6 Å². The van der Waals surface area contributed by atoms with Crippen LogP contribution >= 0.6 is 0 Å². The fourth-order valence-electron chi connectivity index (χ4n) is 3.37. The largest absolute Gasteiger partial charge is 0.325 e. The number of hydrogen-bond donors (Lipinski definition) is 1. The molecule has 1 aliphatic carbocycles. The molecule has 2 unspecified atom stereocenters. The van der Waals surface area contributed by atoms with Gasteiger partial charge in [0.15, 0.2) is 0 Å².